The highest BCUT2D eigenvalue weighted by atomic mass is 16.5. The zero-order valence-corrected chi connectivity index (χ0v) is 16.7. The van der Waals surface area contributed by atoms with Crippen molar-refractivity contribution in [1.29, 1.82) is 0 Å². The number of carbonyl (C=O) groups is 1. The van der Waals surface area contributed by atoms with Gasteiger partial charge in [-0.1, -0.05) is 23.4 Å². The highest BCUT2D eigenvalue weighted by Gasteiger charge is 2.35. The van der Waals surface area contributed by atoms with Gasteiger partial charge in [0.15, 0.2) is 5.82 Å². The molecule has 30 heavy (non-hydrogen) atoms. The van der Waals surface area contributed by atoms with Crippen LogP contribution in [0.3, 0.4) is 0 Å². The Hall–Kier alpha value is -3.68. The minimum atomic E-state index is -0.213. The first-order valence-corrected chi connectivity index (χ1v) is 9.89. The first kappa shape index (κ1) is 18.4. The molecule has 1 amide bonds. The molecule has 1 aliphatic rings. The van der Waals surface area contributed by atoms with E-state index in [-0.39, 0.29) is 11.9 Å². The van der Waals surface area contributed by atoms with Crippen LogP contribution in [0.4, 0.5) is 0 Å². The second kappa shape index (κ2) is 7.29. The number of nitrogens with zero attached hydrogens (tertiary/aromatic N) is 6. The summed E-state index contributed by atoms with van der Waals surface area (Å²) in [7, 11) is 0. The molecule has 1 atom stereocenters. The smallest absolute Gasteiger partial charge is 0.255 e. The summed E-state index contributed by atoms with van der Waals surface area (Å²) in [6.45, 7) is 4.42. The molecule has 0 N–H and O–H groups in total. The van der Waals surface area contributed by atoms with Crippen LogP contribution in [0.5, 0.6) is 0 Å². The summed E-state index contributed by atoms with van der Waals surface area (Å²) in [5, 5.41) is 4.72. The fraction of sp³-hybridized carbons (Fsp3) is 0.273. The summed E-state index contributed by atoms with van der Waals surface area (Å²) in [5.74, 6) is 0.995. The van der Waals surface area contributed by atoms with Crippen molar-refractivity contribution in [3.8, 4) is 11.3 Å². The van der Waals surface area contributed by atoms with Gasteiger partial charge in [-0.3, -0.25) is 4.79 Å². The van der Waals surface area contributed by atoms with Gasteiger partial charge in [0.25, 0.3) is 5.91 Å². The largest absolute Gasteiger partial charge is 0.337 e. The lowest BCUT2D eigenvalue weighted by molar-refractivity contribution is 0.0712. The van der Waals surface area contributed by atoms with Crippen molar-refractivity contribution in [1.82, 2.24) is 30.0 Å². The summed E-state index contributed by atoms with van der Waals surface area (Å²) in [5.41, 5.74) is 3.84. The van der Waals surface area contributed by atoms with Crippen molar-refractivity contribution < 1.29 is 9.32 Å². The van der Waals surface area contributed by atoms with E-state index in [1.54, 1.807) is 19.3 Å². The topological polar surface area (TPSA) is 97.9 Å². The zero-order valence-electron chi connectivity index (χ0n) is 16.7. The van der Waals surface area contributed by atoms with Crippen LogP contribution in [0.1, 0.15) is 46.5 Å². The van der Waals surface area contributed by atoms with Gasteiger partial charge in [0.2, 0.25) is 5.89 Å². The van der Waals surface area contributed by atoms with Gasteiger partial charge in [-0.15, -0.1) is 0 Å². The Balaban J connectivity index is 1.64. The average Bonchev–Trinajstić information content (AvgIpc) is 3.42. The van der Waals surface area contributed by atoms with Gasteiger partial charge < -0.3 is 9.42 Å². The Kier molecular flexibility index (Phi) is 4.46. The predicted molar refractivity (Wildman–Crippen MR) is 110 cm³/mol. The van der Waals surface area contributed by atoms with Crippen molar-refractivity contribution in [2.45, 2.75) is 32.7 Å². The number of hydrogen-bond acceptors (Lipinski definition) is 7. The number of pyridine rings is 1. The fourth-order valence-corrected chi connectivity index (χ4v) is 4.02. The molecule has 1 aromatic carbocycles. The standard InChI is InChI=1S/C22H20N6O2/c1-13-5-3-6-16-17(9-18(26-20(13)16)15-10-23-12-24-11-15)22(29)28-8-4-7-19(28)21-25-14(2)27-30-21/h3,5-6,9-12,19H,4,7-8H2,1-2H3. The number of rotatable bonds is 3. The Bertz CT molecular complexity index is 1240. The molecule has 8 nitrogen and oxygen atoms in total. The first-order valence-electron chi connectivity index (χ1n) is 9.89. The number of hydrogen-bond donors (Lipinski definition) is 0. The molecule has 0 bridgehead atoms. The lowest BCUT2D eigenvalue weighted by Gasteiger charge is -2.23. The van der Waals surface area contributed by atoms with Crippen LogP contribution < -0.4 is 0 Å². The van der Waals surface area contributed by atoms with Gasteiger partial charge in [-0.25, -0.2) is 15.0 Å². The molecule has 4 aromatic rings. The van der Waals surface area contributed by atoms with Crippen LogP contribution in [0.2, 0.25) is 0 Å². The normalized spacial score (nSPS) is 16.3. The van der Waals surface area contributed by atoms with Crippen molar-refractivity contribution in [2.75, 3.05) is 6.54 Å². The number of aryl methyl sites for hydroxylation is 2. The minimum absolute atomic E-state index is 0.0653. The third-order valence-corrected chi connectivity index (χ3v) is 5.47. The van der Waals surface area contributed by atoms with Crippen LogP contribution in [-0.2, 0) is 0 Å². The molecule has 1 unspecified atom stereocenters. The molecule has 150 valence electrons. The third-order valence-electron chi connectivity index (χ3n) is 5.47. The maximum absolute atomic E-state index is 13.7. The van der Waals surface area contributed by atoms with E-state index in [0.717, 1.165) is 34.9 Å². The fourth-order valence-electron chi connectivity index (χ4n) is 4.02. The second-order valence-electron chi connectivity index (χ2n) is 7.49. The van der Waals surface area contributed by atoms with Crippen LogP contribution in [0.15, 0.2) is 47.5 Å². The van der Waals surface area contributed by atoms with Crippen molar-refractivity contribution in [3.63, 3.8) is 0 Å². The Morgan fingerprint density at radius 1 is 1.17 bits per heavy atom. The Labute approximate surface area is 173 Å². The van der Waals surface area contributed by atoms with E-state index < -0.39 is 0 Å². The monoisotopic (exact) mass is 400 g/mol. The van der Waals surface area contributed by atoms with Crippen molar-refractivity contribution in [2.24, 2.45) is 0 Å². The lowest BCUT2D eigenvalue weighted by atomic mass is 10.0. The molecule has 3 aromatic heterocycles. The molecule has 1 saturated heterocycles. The molecule has 1 aliphatic heterocycles. The van der Waals surface area contributed by atoms with Gasteiger partial charge in [0.1, 0.15) is 12.4 Å². The number of fused-ring (bicyclic) bond motifs is 1. The second-order valence-corrected chi connectivity index (χ2v) is 7.49. The molecule has 0 spiro atoms. The van der Waals surface area contributed by atoms with E-state index in [2.05, 4.69) is 20.1 Å². The average molecular weight is 400 g/mol. The molecule has 0 saturated carbocycles. The quantitative estimate of drug-likeness (QED) is 0.517. The zero-order chi connectivity index (χ0) is 20.7. The van der Waals surface area contributed by atoms with Gasteiger partial charge in [-0.05, 0) is 38.3 Å². The van der Waals surface area contributed by atoms with Crippen molar-refractivity contribution >= 4 is 16.8 Å². The molecular formula is C22H20N6O2. The number of aromatic nitrogens is 5. The summed E-state index contributed by atoms with van der Waals surface area (Å²) in [4.78, 5) is 32.9. The van der Waals surface area contributed by atoms with E-state index >= 15 is 0 Å². The summed E-state index contributed by atoms with van der Waals surface area (Å²) >= 11 is 0. The molecule has 8 heteroatoms. The Morgan fingerprint density at radius 2 is 2.00 bits per heavy atom. The number of para-hydroxylation sites is 1. The first-order chi connectivity index (χ1) is 14.6. The van der Waals surface area contributed by atoms with E-state index in [4.69, 9.17) is 9.51 Å². The van der Waals surface area contributed by atoms with E-state index in [1.165, 1.54) is 6.33 Å². The SMILES string of the molecule is Cc1noc(C2CCCN2C(=O)c2cc(-c3cncnc3)nc3c(C)cccc23)n1. The maximum Gasteiger partial charge on any atom is 0.255 e. The van der Waals surface area contributed by atoms with Crippen LogP contribution in [0, 0.1) is 13.8 Å². The maximum atomic E-state index is 13.7. The predicted octanol–water partition coefficient (Wildman–Crippen LogP) is 3.67. The molecule has 0 radical (unpaired) electrons. The van der Waals surface area contributed by atoms with Crippen LogP contribution >= 0.6 is 0 Å². The number of benzene rings is 1. The van der Waals surface area contributed by atoms with Gasteiger partial charge in [-0.2, -0.15) is 4.98 Å². The highest BCUT2D eigenvalue weighted by molar-refractivity contribution is 6.08. The van der Waals surface area contributed by atoms with E-state index in [0.29, 0.717) is 29.5 Å². The molecular weight excluding hydrogens is 380 g/mol. The van der Waals surface area contributed by atoms with Crippen LogP contribution in [0.25, 0.3) is 22.2 Å². The summed E-state index contributed by atoms with van der Waals surface area (Å²) in [6.07, 6.45) is 6.57. The van der Waals surface area contributed by atoms with Gasteiger partial charge in [0, 0.05) is 29.9 Å². The molecule has 5 rings (SSSR count). The molecule has 1 fully saturated rings. The lowest BCUT2D eigenvalue weighted by Crippen LogP contribution is -2.31. The number of carbonyl (C=O) groups excluding carboxylic acids is 1. The Morgan fingerprint density at radius 3 is 2.77 bits per heavy atom. The van der Waals surface area contributed by atoms with E-state index in [9.17, 15) is 4.79 Å². The minimum Gasteiger partial charge on any atom is -0.337 e. The molecule has 4 heterocycles. The van der Waals surface area contributed by atoms with E-state index in [1.807, 2.05) is 36.1 Å². The number of likely N-dealkylation sites (tertiary alicyclic amines) is 1. The van der Waals surface area contributed by atoms with Gasteiger partial charge in [0.05, 0.1) is 16.8 Å². The highest BCUT2D eigenvalue weighted by Crippen LogP contribution is 2.34. The molecule has 0 aliphatic carbocycles. The van der Waals surface area contributed by atoms with Crippen LogP contribution in [-0.4, -0.2) is 42.4 Å². The summed E-state index contributed by atoms with van der Waals surface area (Å²) < 4.78 is 5.38. The van der Waals surface area contributed by atoms with Gasteiger partial charge >= 0.3 is 0 Å². The third kappa shape index (κ3) is 3.10. The van der Waals surface area contributed by atoms with Crippen molar-refractivity contribution in [3.05, 3.63) is 65.8 Å². The summed E-state index contributed by atoms with van der Waals surface area (Å²) in [6, 6.07) is 7.50. The number of amides is 1.